The van der Waals surface area contributed by atoms with Crippen LogP contribution in [0.1, 0.15) is 22.8 Å². The number of hydrogen-bond acceptors (Lipinski definition) is 3. The molecule has 6 heteroatoms. The second-order valence-electron chi connectivity index (χ2n) is 4.53. The molecule has 0 aliphatic rings. The number of hydrogen-bond donors (Lipinski definition) is 2. The Balaban J connectivity index is 2.17. The number of pyridine rings is 1. The van der Waals surface area contributed by atoms with Gasteiger partial charge in [0.15, 0.2) is 0 Å². The number of nitrogens with zero attached hydrogens (tertiary/aromatic N) is 1. The van der Waals surface area contributed by atoms with E-state index in [4.69, 9.17) is 0 Å². The number of carbonyl (C=O) groups is 2. The molecule has 2 rings (SSSR count). The molecule has 0 saturated carbocycles. The SMILES string of the molecule is CC(=O)Nc1cc(NC(=O)c2ccc(Br)nc2)ccc1C. The molecule has 0 fully saturated rings. The van der Waals surface area contributed by atoms with Crippen molar-refractivity contribution in [2.45, 2.75) is 13.8 Å². The monoisotopic (exact) mass is 347 g/mol. The maximum atomic E-state index is 12.1. The fraction of sp³-hybridized carbons (Fsp3) is 0.133. The molecule has 1 aromatic carbocycles. The lowest BCUT2D eigenvalue weighted by Crippen LogP contribution is -2.13. The van der Waals surface area contributed by atoms with Crippen LogP contribution in [-0.4, -0.2) is 16.8 Å². The van der Waals surface area contributed by atoms with Crippen LogP contribution in [-0.2, 0) is 4.79 Å². The van der Waals surface area contributed by atoms with Gasteiger partial charge in [-0.05, 0) is 52.7 Å². The van der Waals surface area contributed by atoms with Crippen LogP contribution in [0.15, 0.2) is 41.1 Å². The summed E-state index contributed by atoms with van der Waals surface area (Å²) in [6.45, 7) is 3.33. The zero-order valence-electron chi connectivity index (χ0n) is 11.6. The molecule has 0 atom stereocenters. The quantitative estimate of drug-likeness (QED) is 0.836. The number of nitrogens with one attached hydrogen (secondary N) is 2. The van der Waals surface area contributed by atoms with Crippen LogP contribution in [0.4, 0.5) is 11.4 Å². The van der Waals surface area contributed by atoms with Gasteiger partial charge in [0, 0.05) is 24.5 Å². The highest BCUT2D eigenvalue weighted by molar-refractivity contribution is 9.10. The smallest absolute Gasteiger partial charge is 0.257 e. The van der Waals surface area contributed by atoms with Crippen LogP contribution in [0.25, 0.3) is 0 Å². The van der Waals surface area contributed by atoms with Gasteiger partial charge in [-0.25, -0.2) is 4.98 Å². The van der Waals surface area contributed by atoms with Gasteiger partial charge in [0.25, 0.3) is 5.91 Å². The molecule has 5 nitrogen and oxygen atoms in total. The van der Waals surface area contributed by atoms with Crippen molar-refractivity contribution in [2.75, 3.05) is 10.6 Å². The zero-order valence-corrected chi connectivity index (χ0v) is 13.2. The molecule has 1 heterocycles. The fourth-order valence-corrected chi connectivity index (χ4v) is 1.97. The van der Waals surface area contributed by atoms with Gasteiger partial charge >= 0.3 is 0 Å². The third-order valence-corrected chi connectivity index (χ3v) is 3.26. The van der Waals surface area contributed by atoms with Crippen molar-refractivity contribution in [3.05, 3.63) is 52.3 Å². The lowest BCUT2D eigenvalue weighted by Gasteiger charge is -2.10. The minimum absolute atomic E-state index is 0.154. The average molecular weight is 348 g/mol. The van der Waals surface area contributed by atoms with Gasteiger partial charge in [-0.2, -0.15) is 0 Å². The molecule has 0 aliphatic heterocycles. The summed E-state index contributed by atoms with van der Waals surface area (Å²) in [5, 5.41) is 5.50. The lowest BCUT2D eigenvalue weighted by molar-refractivity contribution is -0.114. The summed E-state index contributed by atoms with van der Waals surface area (Å²) in [5.74, 6) is -0.411. The minimum atomic E-state index is -0.257. The number of carbonyl (C=O) groups excluding carboxylic acids is 2. The van der Waals surface area contributed by atoms with Crippen LogP contribution in [0.3, 0.4) is 0 Å². The van der Waals surface area contributed by atoms with Crippen molar-refractivity contribution in [3.63, 3.8) is 0 Å². The van der Waals surface area contributed by atoms with E-state index in [1.165, 1.54) is 13.1 Å². The van der Waals surface area contributed by atoms with Crippen LogP contribution in [0.2, 0.25) is 0 Å². The Hall–Kier alpha value is -2.21. The van der Waals surface area contributed by atoms with Crippen molar-refractivity contribution in [3.8, 4) is 0 Å². The van der Waals surface area contributed by atoms with Crippen molar-refractivity contribution in [1.29, 1.82) is 0 Å². The molecular weight excluding hydrogens is 334 g/mol. The standard InChI is InChI=1S/C15H14BrN3O2/c1-9-3-5-12(7-13(9)18-10(2)20)19-15(21)11-4-6-14(16)17-8-11/h3-8H,1-2H3,(H,18,20)(H,19,21). The number of halogens is 1. The summed E-state index contributed by atoms with van der Waals surface area (Å²) in [4.78, 5) is 27.2. The first kappa shape index (κ1) is 15.2. The van der Waals surface area contributed by atoms with Crippen LogP contribution in [0.5, 0.6) is 0 Å². The number of amides is 2. The maximum Gasteiger partial charge on any atom is 0.257 e. The minimum Gasteiger partial charge on any atom is -0.326 e. The van der Waals surface area contributed by atoms with Crippen molar-refractivity contribution in [2.24, 2.45) is 0 Å². The van der Waals surface area contributed by atoms with Gasteiger partial charge < -0.3 is 10.6 Å². The number of aromatic nitrogens is 1. The average Bonchev–Trinajstić information content (AvgIpc) is 2.42. The van der Waals surface area contributed by atoms with E-state index < -0.39 is 0 Å². The lowest BCUT2D eigenvalue weighted by atomic mass is 10.1. The van der Waals surface area contributed by atoms with Crippen molar-refractivity contribution >= 4 is 39.1 Å². The first-order valence-electron chi connectivity index (χ1n) is 6.27. The molecule has 0 unspecified atom stereocenters. The Morgan fingerprint density at radius 3 is 2.52 bits per heavy atom. The highest BCUT2D eigenvalue weighted by Crippen LogP contribution is 2.21. The van der Waals surface area contributed by atoms with Gasteiger partial charge in [-0.15, -0.1) is 0 Å². The number of benzene rings is 1. The molecular formula is C15H14BrN3O2. The molecule has 0 saturated heterocycles. The van der Waals surface area contributed by atoms with Crippen LogP contribution < -0.4 is 10.6 Å². The van der Waals surface area contributed by atoms with E-state index in [-0.39, 0.29) is 11.8 Å². The molecule has 0 bridgehead atoms. The third kappa shape index (κ3) is 4.13. The topological polar surface area (TPSA) is 71.1 Å². The summed E-state index contributed by atoms with van der Waals surface area (Å²) in [5.41, 5.74) is 2.67. The Morgan fingerprint density at radius 1 is 1.14 bits per heavy atom. The first-order chi connectivity index (χ1) is 9.95. The third-order valence-electron chi connectivity index (χ3n) is 2.80. The molecule has 2 amide bonds. The molecule has 21 heavy (non-hydrogen) atoms. The Bertz CT molecular complexity index is 684. The van der Waals surface area contributed by atoms with Gasteiger partial charge in [-0.1, -0.05) is 6.07 Å². The van der Waals surface area contributed by atoms with Gasteiger partial charge in [0.05, 0.1) is 5.56 Å². The van der Waals surface area contributed by atoms with E-state index in [1.54, 1.807) is 24.3 Å². The summed E-state index contributed by atoms with van der Waals surface area (Å²) in [6, 6.07) is 8.72. The maximum absolute atomic E-state index is 12.1. The van der Waals surface area contributed by atoms with E-state index in [1.807, 2.05) is 13.0 Å². The largest absolute Gasteiger partial charge is 0.326 e. The number of aryl methyl sites for hydroxylation is 1. The molecule has 0 radical (unpaired) electrons. The van der Waals surface area contributed by atoms with E-state index in [0.29, 0.717) is 21.5 Å². The van der Waals surface area contributed by atoms with Crippen molar-refractivity contribution < 1.29 is 9.59 Å². The highest BCUT2D eigenvalue weighted by atomic mass is 79.9. The predicted octanol–water partition coefficient (Wildman–Crippen LogP) is 3.36. The number of anilines is 2. The van der Waals surface area contributed by atoms with Gasteiger partial charge in [0.1, 0.15) is 4.60 Å². The summed E-state index contributed by atoms with van der Waals surface area (Å²) in [6.07, 6.45) is 1.49. The Labute approximate surface area is 130 Å². The summed E-state index contributed by atoms with van der Waals surface area (Å²) < 4.78 is 0.669. The molecule has 1 aromatic heterocycles. The second kappa shape index (κ2) is 6.49. The fourth-order valence-electron chi connectivity index (χ4n) is 1.74. The molecule has 108 valence electrons. The zero-order chi connectivity index (χ0) is 15.4. The summed E-state index contributed by atoms with van der Waals surface area (Å²) >= 11 is 3.22. The van der Waals surface area contributed by atoms with Gasteiger partial charge in [0.2, 0.25) is 5.91 Å². The van der Waals surface area contributed by atoms with Crippen LogP contribution in [0, 0.1) is 6.92 Å². The normalized spacial score (nSPS) is 10.0. The molecule has 2 N–H and O–H groups in total. The van der Waals surface area contributed by atoms with E-state index in [0.717, 1.165) is 5.56 Å². The Morgan fingerprint density at radius 2 is 1.90 bits per heavy atom. The van der Waals surface area contributed by atoms with E-state index in [2.05, 4.69) is 31.5 Å². The summed E-state index contributed by atoms with van der Waals surface area (Å²) in [7, 11) is 0. The van der Waals surface area contributed by atoms with E-state index in [9.17, 15) is 9.59 Å². The molecule has 2 aromatic rings. The molecule has 0 spiro atoms. The first-order valence-corrected chi connectivity index (χ1v) is 7.06. The van der Waals surface area contributed by atoms with E-state index >= 15 is 0 Å². The van der Waals surface area contributed by atoms with Crippen molar-refractivity contribution in [1.82, 2.24) is 4.98 Å². The highest BCUT2D eigenvalue weighted by Gasteiger charge is 2.08. The Kier molecular flexibility index (Phi) is 4.70. The molecule has 0 aliphatic carbocycles. The van der Waals surface area contributed by atoms with Gasteiger partial charge in [-0.3, -0.25) is 9.59 Å². The number of rotatable bonds is 3. The van der Waals surface area contributed by atoms with Crippen LogP contribution >= 0.6 is 15.9 Å². The second-order valence-corrected chi connectivity index (χ2v) is 5.35. The predicted molar refractivity (Wildman–Crippen MR) is 85.4 cm³/mol.